The van der Waals surface area contributed by atoms with Gasteiger partial charge in [0.1, 0.15) is 30.3 Å². The van der Waals surface area contributed by atoms with E-state index in [9.17, 15) is 12.8 Å². The van der Waals surface area contributed by atoms with E-state index in [1.807, 2.05) is 54.8 Å². The molecule has 2 heterocycles. The zero-order valence-electron chi connectivity index (χ0n) is 23.5. The average Bonchev–Trinajstić information content (AvgIpc) is 3.45. The molecule has 5 rings (SSSR count). The lowest BCUT2D eigenvalue weighted by Gasteiger charge is -2.12. The third-order valence-electron chi connectivity index (χ3n) is 6.58. The molecule has 0 fully saturated rings. The van der Waals surface area contributed by atoms with Crippen molar-refractivity contribution in [1.29, 1.82) is 0 Å². The van der Waals surface area contributed by atoms with E-state index in [2.05, 4.69) is 36.5 Å². The number of thiazole rings is 1. The van der Waals surface area contributed by atoms with Crippen LogP contribution >= 0.6 is 27.3 Å². The van der Waals surface area contributed by atoms with Crippen LogP contribution in [0.15, 0.2) is 76.8 Å². The van der Waals surface area contributed by atoms with Gasteiger partial charge in [-0.2, -0.15) is 0 Å². The number of benzene rings is 3. The van der Waals surface area contributed by atoms with Gasteiger partial charge in [-0.25, -0.2) is 27.8 Å². The molecular formula is C31H31BrFN5O3S2. The van der Waals surface area contributed by atoms with Crippen LogP contribution in [0.3, 0.4) is 0 Å². The summed E-state index contributed by atoms with van der Waals surface area (Å²) in [7, 11) is -2.98. The van der Waals surface area contributed by atoms with Gasteiger partial charge in [-0.3, -0.25) is 0 Å². The molecule has 2 N–H and O–H groups in total. The number of ether oxygens (including phenoxy) is 1. The number of fused-ring (bicyclic) bond motifs is 1. The molecule has 0 unspecified atom stereocenters. The quantitative estimate of drug-likeness (QED) is 0.121. The van der Waals surface area contributed by atoms with Crippen LogP contribution in [0.5, 0.6) is 5.75 Å². The fraction of sp³-hybridized carbons (Fsp3) is 0.258. The lowest BCUT2D eigenvalue weighted by Crippen LogP contribution is -2.26. The predicted molar refractivity (Wildman–Crippen MR) is 174 cm³/mol. The van der Waals surface area contributed by atoms with E-state index in [1.54, 1.807) is 17.4 Å². The van der Waals surface area contributed by atoms with Crippen molar-refractivity contribution in [3.63, 3.8) is 0 Å². The molecule has 0 radical (unpaired) electrons. The van der Waals surface area contributed by atoms with Gasteiger partial charge >= 0.3 is 0 Å². The zero-order chi connectivity index (χ0) is 30.2. The molecule has 5 aromatic rings. The Hall–Kier alpha value is -3.45. The first-order valence-corrected chi connectivity index (χ1v) is 17.3. The number of sulfone groups is 1. The van der Waals surface area contributed by atoms with E-state index in [0.717, 1.165) is 49.3 Å². The summed E-state index contributed by atoms with van der Waals surface area (Å²) in [6, 6.07) is 17.9. The van der Waals surface area contributed by atoms with Crippen LogP contribution in [-0.2, 0) is 22.9 Å². The largest absolute Gasteiger partial charge is 0.488 e. The van der Waals surface area contributed by atoms with Crippen molar-refractivity contribution >= 4 is 59.5 Å². The summed E-state index contributed by atoms with van der Waals surface area (Å²) in [6.07, 6.45) is 2.89. The topological polar surface area (TPSA) is 106 Å². The van der Waals surface area contributed by atoms with Gasteiger partial charge in [-0.05, 0) is 70.4 Å². The average molecular weight is 685 g/mol. The van der Waals surface area contributed by atoms with Gasteiger partial charge in [0, 0.05) is 47.3 Å². The van der Waals surface area contributed by atoms with Gasteiger partial charge in [0.05, 0.1) is 26.4 Å². The number of rotatable bonds is 14. The van der Waals surface area contributed by atoms with E-state index in [4.69, 9.17) is 9.72 Å². The number of nitrogens with one attached hydrogen (secondary N) is 2. The van der Waals surface area contributed by atoms with Crippen LogP contribution in [0, 0.1) is 5.82 Å². The summed E-state index contributed by atoms with van der Waals surface area (Å²) in [5, 5.41) is 10.5. The van der Waals surface area contributed by atoms with Gasteiger partial charge < -0.3 is 15.4 Å². The van der Waals surface area contributed by atoms with Gasteiger partial charge in [-0.1, -0.05) is 25.1 Å². The van der Waals surface area contributed by atoms with Crippen molar-refractivity contribution < 1.29 is 17.5 Å². The van der Waals surface area contributed by atoms with Crippen LogP contribution in [0.25, 0.3) is 22.2 Å². The van der Waals surface area contributed by atoms with E-state index in [1.165, 1.54) is 18.5 Å². The normalized spacial score (nSPS) is 11.6. The fourth-order valence-electron chi connectivity index (χ4n) is 4.46. The Bertz CT molecular complexity index is 1820. The smallest absolute Gasteiger partial charge is 0.151 e. The first kappa shape index (κ1) is 31.0. The molecule has 0 saturated carbocycles. The van der Waals surface area contributed by atoms with Crippen LogP contribution < -0.4 is 15.4 Å². The molecule has 43 heavy (non-hydrogen) atoms. The molecule has 0 aliphatic heterocycles. The fourth-order valence-corrected chi connectivity index (χ4v) is 7.04. The summed E-state index contributed by atoms with van der Waals surface area (Å²) in [4.78, 5) is 13.7. The third kappa shape index (κ3) is 8.56. The maximum Gasteiger partial charge on any atom is 0.151 e. The van der Waals surface area contributed by atoms with Crippen molar-refractivity contribution in [3.05, 3.63) is 93.2 Å². The van der Waals surface area contributed by atoms with Crippen LogP contribution in [0.2, 0.25) is 0 Å². The highest BCUT2D eigenvalue weighted by Gasteiger charge is 2.12. The first-order valence-electron chi connectivity index (χ1n) is 13.8. The summed E-state index contributed by atoms with van der Waals surface area (Å²) in [5.41, 5.74) is 4.17. The lowest BCUT2D eigenvalue weighted by atomic mass is 10.1. The van der Waals surface area contributed by atoms with Crippen molar-refractivity contribution in [2.24, 2.45) is 0 Å². The second-order valence-corrected chi connectivity index (χ2v) is 14.0. The Kier molecular flexibility index (Phi) is 10.3. The van der Waals surface area contributed by atoms with Gasteiger partial charge in [-0.15, -0.1) is 11.3 Å². The van der Waals surface area contributed by atoms with E-state index >= 15 is 0 Å². The second-order valence-electron chi connectivity index (χ2n) is 9.92. The van der Waals surface area contributed by atoms with Crippen LogP contribution in [0.4, 0.5) is 15.9 Å². The molecule has 0 saturated heterocycles. The SMILES string of the molecule is CCCS(=O)(=O)CCNCCc1nc(-c2ccc3ncnc(Nc4ccc(OCc5cccc(F)c5)c(Br)c4)c3c2)cs1. The van der Waals surface area contributed by atoms with Gasteiger partial charge in [0.25, 0.3) is 0 Å². The summed E-state index contributed by atoms with van der Waals surface area (Å²) >= 11 is 5.16. The maximum absolute atomic E-state index is 13.5. The Morgan fingerprint density at radius 1 is 1.02 bits per heavy atom. The highest BCUT2D eigenvalue weighted by Crippen LogP contribution is 2.33. The van der Waals surface area contributed by atoms with Crippen LogP contribution in [0.1, 0.15) is 23.9 Å². The molecule has 224 valence electrons. The van der Waals surface area contributed by atoms with Crippen molar-refractivity contribution in [3.8, 4) is 17.0 Å². The number of halogens is 2. The highest BCUT2D eigenvalue weighted by atomic mass is 79.9. The molecule has 0 spiro atoms. The number of hydrogen-bond donors (Lipinski definition) is 2. The Labute approximate surface area is 262 Å². The molecule has 0 amide bonds. The molecule has 2 aromatic heterocycles. The Balaban J connectivity index is 1.23. The van der Waals surface area contributed by atoms with E-state index in [-0.39, 0.29) is 23.9 Å². The van der Waals surface area contributed by atoms with Crippen molar-refractivity contribution in [2.45, 2.75) is 26.4 Å². The minimum Gasteiger partial charge on any atom is -0.488 e. The number of nitrogens with zero attached hydrogens (tertiary/aromatic N) is 3. The minimum atomic E-state index is -2.98. The summed E-state index contributed by atoms with van der Waals surface area (Å²) in [5.74, 6) is 1.39. The Morgan fingerprint density at radius 3 is 2.72 bits per heavy atom. The molecule has 3 aromatic carbocycles. The van der Waals surface area contributed by atoms with E-state index in [0.29, 0.717) is 31.1 Å². The third-order valence-corrected chi connectivity index (χ3v) is 9.97. The monoisotopic (exact) mass is 683 g/mol. The summed E-state index contributed by atoms with van der Waals surface area (Å²) in [6.45, 7) is 3.24. The predicted octanol–water partition coefficient (Wildman–Crippen LogP) is 6.93. The molecule has 0 aliphatic rings. The Morgan fingerprint density at radius 2 is 1.91 bits per heavy atom. The highest BCUT2D eigenvalue weighted by molar-refractivity contribution is 9.10. The number of anilines is 2. The molecule has 12 heteroatoms. The van der Waals surface area contributed by atoms with Crippen molar-refractivity contribution in [1.82, 2.24) is 20.3 Å². The van der Waals surface area contributed by atoms with E-state index < -0.39 is 9.84 Å². The second kappa shape index (κ2) is 14.3. The zero-order valence-corrected chi connectivity index (χ0v) is 26.7. The van der Waals surface area contributed by atoms with Crippen molar-refractivity contribution in [2.75, 3.05) is 29.9 Å². The standard InChI is InChI=1S/C31H31BrFN5O3S2/c1-2-13-43(39,40)14-12-34-11-10-30-38-28(19-42-30)22-6-8-27-25(16-22)31(36-20-35-27)37-24-7-9-29(26(32)17-24)41-18-21-4-3-5-23(33)15-21/h3-9,15-17,19-20,34H,2,10-14,18H2,1H3,(H,35,36,37). The minimum absolute atomic E-state index is 0.158. The number of aromatic nitrogens is 3. The molecule has 8 nitrogen and oxygen atoms in total. The van der Waals surface area contributed by atoms with Crippen LogP contribution in [-0.4, -0.2) is 48.0 Å². The number of hydrogen-bond acceptors (Lipinski definition) is 9. The first-order chi connectivity index (χ1) is 20.8. The maximum atomic E-state index is 13.5. The van der Waals surface area contributed by atoms with Gasteiger partial charge in [0.2, 0.25) is 0 Å². The molecule has 0 atom stereocenters. The molecule has 0 aliphatic carbocycles. The molecular weight excluding hydrogens is 653 g/mol. The molecule has 0 bridgehead atoms. The van der Waals surface area contributed by atoms with Gasteiger partial charge in [0.15, 0.2) is 9.84 Å². The summed E-state index contributed by atoms with van der Waals surface area (Å²) < 4.78 is 43.8. The lowest BCUT2D eigenvalue weighted by molar-refractivity contribution is 0.303.